The third-order valence-electron chi connectivity index (χ3n) is 3.76. The van der Waals surface area contributed by atoms with Crippen molar-refractivity contribution in [3.8, 4) is 5.75 Å². The van der Waals surface area contributed by atoms with E-state index in [0.717, 1.165) is 31.8 Å². The van der Waals surface area contributed by atoms with Crippen molar-refractivity contribution in [3.05, 3.63) is 29.8 Å². The SMILES string of the molecule is CCN(CC)CCCNC(C)Cc1ccccc1OC. The number of rotatable bonds is 10. The van der Waals surface area contributed by atoms with E-state index >= 15 is 0 Å². The van der Waals surface area contributed by atoms with Gasteiger partial charge in [0, 0.05) is 6.04 Å². The maximum Gasteiger partial charge on any atom is 0.122 e. The zero-order chi connectivity index (χ0) is 14.8. The summed E-state index contributed by atoms with van der Waals surface area (Å²) in [6, 6.07) is 8.74. The van der Waals surface area contributed by atoms with Gasteiger partial charge in [0.05, 0.1) is 7.11 Å². The van der Waals surface area contributed by atoms with Gasteiger partial charge in [-0.15, -0.1) is 0 Å². The van der Waals surface area contributed by atoms with E-state index in [-0.39, 0.29) is 0 Å². The second-order valence-corrected chi connectivity index (χ2v) is 5.25. The molecular formula is C17H30N2O. The predicted molar refractivity (Wildman–Crippen MR) is 86.6 cm³/mol. The molecule has 0 aliphatic heterocycles. The lowest BCUT2D eigenvalue weighted by molar-refractivity contribution is 0.296. The zero-order valence-corrected chi connectivity index (χ0v) is 13.5. The Balaban J connectivity index is 2.28. The molecule has 0 spiro atoms. The first kappa shape index (κ1) is 17.0. The normalized spacial score (nSPS) is 12.7. The minimum Gasteiger partial charge on any atom is -0.496 e. The summed E-state index contributed by atoms with van der Waals surface area (Å²) in [7, 11) is 1.74. The molecule has 1 N–H and O–H groups in total. The third kappa shape index (κ3) is 5.93. The molecule has 3 nitrogen and oxygen atoms in total. The molecule has 0 saturated heterocycles. The summed E-state index contributed by atoms with van der Waals surface area (Å²) in [5, 5.41) is 3.60. The minimum atomic E-state index is 0.475. The first-order valence-electron chi connectivity index (χ1n) is 7.78. The quantitative estimate of drug-likeness (QED) is 0.666. The van der Waals surface area contributed by atoms with Gasteiger partial charge in [-0.25, -0.2) is 0 Å². The van der Waals surface area contributed by atoms with E-state index in [2.05, 4.69) is 43.1 Å². The van der Waals surface area contributed by atoms with E-state index in [9.17, 15) is 0 Å². The Bertz CT molecular complexity index is 364. The van der Waals surface area contributed by atoms with Crippen LogP contribution in [-0.4, -0.2) is 44.2 Å². The number of nitrogens with zero attached hydrogens (tertiary/aromatic N) is 1. The highest BCUT2D eigenvalue weighted by atomic mass is 16.5. The third-order valence-corrected chi connectivity index (χ3v) is 3.76. The summed E-state index contributed by atoms with van der Waals surface area (Å²) in [4.78, 5) is 2.46. The van der Waals surface area contributed by atoms with Crippen molar-refractivity contribution in [1.82, 2.24) is 10.2 Å². The van der Waals surface area contributed by atoms with Crippen LogP contribution < -0.4 is 10.1 Å². The van der Waals surface area contributed by atoms with E-state index in [0.29, 0.717) is 6.04 Å². The molecule has 0 amide bonds. The molecule has 1 aromatic carbocycles. The lowest BCUT2D eigenvalue weighted by Crippen LogP contribution is -2.32. The van der Waals surface area contributed by atoms with Gasteiger partial charge in [0.1, 0.15) is 5.75 Å². The van der Waals surface area contributed by atoms with E-state index in [1.165, 1.54) is 18.5 Å². The molecule has 0 aliphatic carbocycles. The number of methoxy groups -OCH3 is 1. The van der Waals surface area contributed by atoms with E-state index < -0.39 is 0 Å². The molecule has 0 fully saturated rings. The highest BCUT2D eigenvalue weighted by molar-refractivity contribution is 5.33. The molecule has 0 heterocycles. The highest BCUT2D eigenvalue weighted by Gasteiger charge is 2.07. The molecule has 0 aliphatic rings. The van der Waals surface area contributed by atoms with Gasteiger partial charge in [-0.3, -0.25) is 0 Å². The van der Waals surface area contributed by atoms with Gasteiger partial charge in [-0.1, -0.05) is 32.0 Å². The molecule has 1 aromatic rings. The first-order chi connectivity index (χ1) is 9.71. The van der Waals surface area contributed by atoms with Crippen LogP contribution in [0.2, 0.25) is 0 Å². The maximum absolute atomic E-state index is 5.40. The van der Waals surface area contributed by atoms with Crippen molar-refractivity contribution in [3.63, 3.8) is 0 Å². The Hall–Kier alpha value is -1.06. The topological polar surface area (TPSA) is 24.5 Å². The first-order valence-corrected chi connectivity index (χ1v) is 7.78. The number of hydrogen-bond acceptors (Lipinski definition) is 3. The molecule has 114 valence electrons. The van der Waals surface area contributed by atoms with Crippen LogP contribution in [0.4, 0.5) is 0 Å². The molecule has 1 rings (SSSR count). The average molecular weight is 278 g/mol. The molecule has 0 radical (unpaired) electrons. The molecule has 0 aromatic heterocycles. The van der Waals surface area contributed by atoms with Gasteiger partial charge in [-0.05, 0) is 57.6 Å². The zero-order valence-electron chi connectivity index (χ0n) is 13.5. The number of hydrogen-bond donors (Lipinski definition) is 1. The predicted octanol–water partition coefficient (Wildman–Crippen LogP) is 2.95. The van der Waals surface area contributed by atoms with Crippen molar-refractivity contribution in [1.29, 1.82) is 0 Å². The minimum absolute atomic E-state index is 0.475. The van der Waals surface area contributed by atoms with Crippen molar-refractivity contribution >= 4 is 0 Å². The molecule has 20 heavy (non-hydrogen) atoms. The maximum atomic E-state index is 5.40. The largest absolute Gasteiger partial charge is 0.496 e. The molecule has 1 atom stereocenters. The Morgan fingerprint density at radius 1 is 1.20 bits per heavy atom. The Morgan fingerprint density at radius 2 is 1.90 bits per heavy atom. The van der Waals surface area contributed by atoms with Crippen LogP contribution >= 0.6 is 0 Å². The van der Waals surface area contributed by atoms with Crippen LogP contribution in [0, 0.1) is 0 Å². The number of nitrogens with one attached hydrogen (secondary N) is 1. The van der Waals surface area contributed by atoms with Gasteiger partial charge in [0.2, 0.25) is 0 Å². The second kappa shape index (κ2) is 9.78. The van der Waals surface area contributed by atoms with Crippen molar-refractivity contribution in [2.24, 2.45) is 0 Å². The summed E-state index contributed by atoms with van der Waals surface area (Å²) in [6.45, 7) is 11.2. The Kier molecular flexibility index (Phi) is 8.31. The fourth-order valence-electron chi connectivity index (χ4n) is 2.46. The van der Waals surface area contributed by atoms with Crippen LogP contribution in [0.25, 0.3) is 0 Å². The van der Waals surface area contributed by atoms with Crippen LogP contribution in [0.3, 0.4) is 0 Å². The summed E-state index contributed by atoms with van der Waals surface area (Å²) in [5.41, 5.74) is 1.28. The van der Waals surface area contributed by atoms with Gasteiger partial charge in [0.15, 0.2) is 0 Å². The molecule has 1 unspecified atom stereocenters. The second-order valence-electron chi connectivity index (χ2n) is 5.25. The molecule has 0 bridgehead atoms. The van der Waals surface area contributed by atoms with Gasteiger partial charge < -0.3 is 15.0 Å². The van der Waals surface area contributed by atoms with Gasteiger partial charge in [-0.2, -0.15) is 0 Å². The lowest BCUT2D eigenvalue weighted by Gasteiger charge is -2.19. The number of benzene rings is 1. The standard InChI is InChI=1S/C17H30N2O/c1-5-19(6-2)13-9-12-18-15(3)14-16-10-7-8-11-17(16)20-4/h7-8,10-11,15,18H,5-6,9,12-14H2,1-4H3. The lowest BCUT2D eigenvalue weighted by atomic mass is 10.1. The van der Waals surface area contributed by atoms with Crippen molar-refractivity contribution < 1.29 is 4.74 Å². The Labute approximate surface area is 124 Å². The number of ether oxygens (including phenoxy) is 1. The average Bonchev–Trinajstić information content (AvgIpc) is 2.48. The summed E-state index contributed by atoms with van der Waals surface area (Å²) in [6.07, 6.45) is 2.22. The summed E-state index contributed by atoms with van der Waals surface area (Å²) in [5.74, 6) is 0.990. The van der Waals surface area contributed by atoms with Crippen LogP contribution in [-0.2, 0) is 6.42 Å². The van der Waals surface area contributed by atoms with E-state index in [1.807, 2.05) is 12.1 Å². The highest BCUT2D eigenvalue weighted by Crippen LogP contribution is 2.18. The van der Waals surface area contributed by atoms with Crippen molar-refractivity contribution in [2.45, 2.75) is 39.7 Å². The summed E-state index contributed by atoms with van der Waals surface area (Å²) < 4.78 is 5.40. The van der Waals surface area contributed by atoms with Gasteiger partial charge >= 0.3 is 0 Å². The van der Waals surface area contributed by atoms with E-state index in [4.69, 9.17) is 4.74 Å². The summed E-state index contributed by atoms with van der Waals surface area (Å²) >= 11 is 0. The molecule has 0 saturated carbocycles. The van der Waals surface area contributed by atoms with Crippen molar-refractivity contribution in [2.75, 3.05) is 33.3 Å². The van der Waals surface area contributed by atoms with Crippen LogP contribution in [0.5, 0.6) is 5.75 Å². The number of para-hydroxylation sites is 1. The Morgan fingerprint density at radius 3 is 2.55 bits per heavy atom. The molecular weight excluding hydrogens is 248 g/mol. The van der Waals surface area contributed by atoms with E-state index in [1.54, 1.807) is 7.11 Å². The van der Waals surface area contributed by atoms with Crippen LogP contribution in [0.1, 0.15) is 32.8 Å². The fourth-order valence-corrected chi connectivity index (χ4v) is 2.46. The smallest absolute Gasteiger partial charge is 0.122 e. The van der Waals surface area contributed by atoms with Gasteiger partial charge in [0.25, 0.3) is 0 Å². The van der Waals surface area contributed by atoms with Crippen LogP contribution in [0.15, 0.2) is 24.3 Å². The fraction of sp³-hybridized carbons (Fsp3) is 0.647. The monoisotopic (exact) mass is 278 g/mol. The molecule has 3 heteroatoms.